The molecule has 4 nitrogen and oxygen atoms in total. The van der Waals surface area contributed by atoms with Gasteiger partial charge in [-0.15, -0.1) is 0 Å². The number of pyridine rings is 1. The van der Waals surface area contributed by atoms with Gasteiger partial charge in [0.1, 0.15) is 11.6 Å². The summed E-state index contributed by atoms with van der Waals surface area (Å²) in [6, 6.07) is 7.17. The zero-order valence-corrected chi connectivity index (χ0v) is 13.1. The van der Waals surface area contributed by atoms with Gasteiger partial charge in [-0.2, -0.15) is 0 Å². The van der Waals surface area contributed by atoms with Crippen LogP contribution < -0.4 is 15.2 Å². The second-order valence-corrected chi connectivity index (χ2v) is 5.06. The Hall–Kier alpha value is -1.85. The van der Waals surface area contributed by atoms with Crippen LogP contribution in [0.4, 0.5) is 0 Å². The van der Waals surface area contributed by atoms with Crippen LogP contribution in [-0.2, 0) is 6.61 Å². The molecule has 0 bridgehead atoms. The van der Waals surface area contributed by atoms with Crippen LogP contribution in [0.3, 0.4) is 0 Å². The zero-order chi connectivity index (χ0) is 15.2. The minimum atomic E-state index is 0.319. The fourth-order valence-electron chi connectivity index (χ4n) is 1.73. The van der Waals surface area contributed by atoms with E-state index in [1.165, 1.54) is 0 Å². The van der Waals surface area contributed by atoms with E-state index in [1.54, 1.807) is 30.6 Å². The highest BCUT2D eigenvalue weighted by molar-refractivity contribution is 7.80. The van der Waals surface area contributed by atoms with Crippen LogP contribution in [0, 0.1) is 0 Å². The molecular formula is C15H15ClN2O2S. The average Bonchev–Trinajstić information content (AvgIpc) is 2.47. The fourth-order valence-corrected chi connectivity index (χ4v) is 2.03. The quantitative estimate of drug-likeness (QED) is 0.827. The third-order valence-corrected chi connectivity index (χ3v) is 3.34. The van der Waals surface area contributed by atoms with Gasteiger partial charge < -0.3 is 15.2 Å². The monoisotopic (exact) mass is 322 g/mol. The maximum absolute atomic E-state index is 6.05. The molecule has 2 rings (SSSR count). The first kappa shape index (κ1) is 15.5. The van der Waals surface area contributed by atoms with Crippen molar-refractivity contribution in [2.24, 2.45) is 5.73 Å². The highest BCUT2D eigenvalue weighted by atomic mass is 35.5. The van der Waals surface area contributed by atoms with E-state index in [2.05, 4.69) is 4.98 Å². The lowest BCUT2D eigenvalue weighted by Gasteiger charge is -2.13. The van der Waals surface area contributed by atoms with Gasteiger partial charge in [0.2, 0.25) is 0 Å². The van der Waals surface area contributed by atoms with Gasteiger partial charge in [-0.1, -0.05) is 23.8 Å². The van der Waals surface area contributed by atoms with Gasteiger partial charge >= 0.3 is 0 Å². The highest BCUT2D eigenvalue weighted by Crippen LogP contribution is 2.29. The van der Waals surface area contributed by atoms with Gasteiger partial charge in [-0.05, 0) is 31.2 Å². The summed E-state index contributed by atoms with van der Waals surface area (Å²) < 4.78 is 11.3. The molecule has 21 heavy (non-hydrogen) atoms. The van der Waals surface area contributed by atoms with Crippen LogP contribution in [-0.4, -0.2) is 16.6 Å². The standard InChI is InChI=1S/C15H15ClN2O2S/c1-2-19-14-7-10(15(17)21)3-4-13(14)20-9-11-5-6-18-8-12(11)16/h3-8H,2,9H2,1H3,(H2,17,21). The molecule has 0 amide bonds. The highest BCUT2D eigenvalue weighted by Gasteiger charge is 2.09. The Morgan fingerprint density at radius 3 is 2.76 bits per heavy atom. The van der Waals surface area contributed by atoms with Crippen molar-refractivity contribution in [3.05, 3.63) is 52.8 Å². The van der Waals surface area contributed by atoms with Crippen LogP contribution in [0.25, 0.3) is 0 Å². The van der Waals surface area contributed by atoms with E-state index in [9.17, 15) is 0 Å². The SMILES string of the molecule is CCOc1cc(C(N)=S)ccc1OCc1ccncc1Cl. The number of hydrogen-bond acceptors (Lipinski definition) is 4. The van der Waals surface area contributed by atoms with Crippen molar-refractivity contribution in [2.75, 3.05) is 6.61 Å². The molecule has 0 aliphatic heterocycles. The van der Waals surface area contributed by atoms with Gasteiger partial charge in [0.05, 0.1) is 11.6 Å². The molecule has 0 radical (unpaired) electrons. The van der Waals surface area contributed by atoms with Crippen molar-refractivity contribution in [3.63, 3.8) is 0 Å². The molecular weight excluding hydrogens is 308 g/mol. The molecule has 0 aliphatic carbocycles. The second kappa shape index (κ2) is 7.24. The van der Waals surface area contributed by atoms with Crippen LogP contribution in [0.1, 0.15) is 18.1 Å². The lowest BCUT2D eigenvalue weighted by molar-refractivity contribution is 0.269. The van der Waals surface area contributed by atoms with E-state index in [0.29, 0.717) is 34.7 Å². The largest absolute Gasteiger partial charge is 0.490 e. The van der Waals surface area contributed by atoms with Crippen LogP contribution in [0.15, 0.2) is 36.7 Å². The summed E-state index contributed by atoms with van der Waals surface area (Å²) in [5, 5.41) is 0.565. The third kappa shape index (κ3) is 4.06. The van der Waals surface area contributed by atoms with E-state index >= 15 is 0 Å². The molecule has 0 saturated heterocycles. The zero-order valence-electron chi connectivity index (χ0n) is 11.5. The molecule has 110 valence electrons. The van der Waals surface area contributed by atoms with Crippen LogP contribution >= 0.6 is 23.8 Å². The first-order valence-corrected chi connectivity index (χ1v) is 7.18. The smallest absolute Gasteiger partial charge is 0.161 e. The summed E-state index contributed by atoms with van der Waals surface area (Å²) >= 11 is 11.0. The molecule has 1 aromatic carbocycles. The van der Waals surface area contributed by atoms with Crippen molar-refractivity contribution in [3.8, 4) is 11.5 Å². The van der Waals surface area contributed by atoms with Gasteiger partial charge in [0.15, 0.2) is 11.5 Å². The van der Waals surface area contributed by atoms with E-state index in [-0.39, 0.29) is 0 Å². The minimum Gasteiger partial charge on any atom is -0.490 e. The molecule has 0 unspecified atom stereocenters. The normalized spacial score (nSPS) is 10.2. The molecule has 0 atom stereocenters. The molecule has 0 aliphatic rings. The van der Waals surface area contributed by atoms with Gasteiger partial charge in [0, 0.05) is 23.5 Å². The summed E-state index contributed by atoms with van der Waals surface area (Å²) in [7, 11) is 0. The van der Waals surface area contributed by atoms with Gasteiger partial charge in [-0.25, -0.2) is 0 Å². The Labute approximate surface area is 133 Å². The Balaban J connectivity index is 2.19. The molecule has 2 aromatic rings. The minimum absolute atomic E-state index is 0.319. The number of thiocarbonyl (C=S) groups is 1. The van der Waals surface area contributed by atoms with Gasteiger partial charge in [-0.3, -0.25) is 4.98 Å². The number of nitrogens with two attached hydrogens (primary N) is 1. The number of hydrogen-bond donors (Lipinski definition) is 1. The third-order valence-electron chi connectivity index (χ3n) is 2.77. The summed E-state index contributed by atoms with van der Waals surface area (Å²) in [6.07, 6.45) is 3.25. The molecule has 0 saturated carbocycles. The number of halogens is 1. The lowest BCUT2D eigenvalue weighted by atomic mass is 10.2. The number of ether oxygens (including phenoxy) is 2. The van der Waals surface area contributed by atoms with Gasteiger partial charge in [0.25, 0.3) is 0 Å². The van der Waals surface area contributed by atoms with Crippen LogP contribution in [0.2, 0.25) is 5.02 Å². The molecule has 1 aromatic heterocycles. The Morgan fingerprint density at radius 1 is 1.29 bits per heavy atom. The topological polar surface area (TPSA) is 57.4 Å². The van der Waals surface area contributed by atoms with E-state index in [0.717, 1.165) is 11.1 Å². The number of aromatic nitrogens is 1. The predicted octanol–water partition coefficient (Wildman–Crippen LogP) is 3.35. The van der Waals surface area contributed by atoms with E-state index in [4.69, 9.17) is 39.0 Å². The summed E-state index contributed by atoms with van der Waals surface area (Å²) in [6.45, 7) is 2.75. The lowest BCUT2D eigenvalue weighted by Crippen LogP contribution is -2.10. The Bertz CT molecular complexity index is 649. The molecule has 2 N–H and O–H groups in total. The number of nitrogens with zero attached hydrogens (tertiary/aromatic N) is 1. The predicted molar refractivity (Wildman–Crippen MR) is 87.1 cm³/mol. The Kier molecular flexibility index (Phi) is 5.36. The van der Waals surface area contributed by atoms with Crippen molar-refractivity contribution < 1.29 is 9.47 Å². The second-order valence-electron chi connectivity index (χ2n) is 4.21. The summed E-state index contributed by atoms with van der Waals surface area (Å²) in [5.41, 5.74) is 7.22. The maximum Gasteiger partial charge on any atom is 0.161 e. The number of benzene rings is 1. The van der Waals surface area contributed by atoms with Crippen molar-refractivity contribution in [2.45, 2.75) is 13.5 Å². The molecule has 0 spiro atoms. The summed E-state index contributed by atoms with van der Waals surface area (Å²) in [4.78, 5) is 4.26. The molecule has 6 heteroatoms. The first-order valence-electron chi connectivity index (χ1n) is 6.39. The molecule has 1 heterocycles. The van der Waals surface area contributed by atoms with Crippen molar-refractivity contribution in [1.82, 2.24) is 4.98 Å². The maximum atomic E-state index is 6.05. The fraction of sp³-hybridized carbons (Fsp3) is 0.200. The van der Waals surface area contributed by atoms with E-state index in [1.807, 2.05) is 13.0 Å². The number of rotatable bonds is 6. The Morgan fingerprint density at radius 2 is 2.10 bits per heavy atom. The first-order chi connectivity index (χ1) is 10.1. The molecule has 0 fully saturated rings. The van der Waals surface area contributed by atoms with Crippen molar-refractivity contribution >= 4 is 28.8 Å². The average molecular weight is 323 g/mol. The van der Waals surface area contributed by atoms with E-state index < -0.39 is 0 Å². The van der Waals surface area contributed by atoms with Crippen molar-refractivity contribution in [1.29, 1.82) is 0 Å². The van der Waals surface area contributed by atoms with Crippen LogP contribution in [0.5, 0.6) is 11.5 Å². The summed E-state index contributed by atoms with van der Waals surface area (Å²) in [5.74, 6) is 1.22.